The summed E-state index contributed by atoms with van der Waals surface area (Å²) in [5.74, 6) is 0.0331. The summed E-state index contributed by atoms with van der Waals surface area (Å²) in [5.41, 5.74) is 9.02. The van der Waals surface area contributed by atoms with Gasteiger partial charge in [-0.25, -0.2) is 19.6 Å². The van der Waals surface area contributed by atoms with E-state index in [1.54, 1.807) is 12.1 Å². The molecule has 0 atom stereocenters. The largest absolute Gasteiger partial charge is 0.444 e. The Hall–Kier alpha value is -4.24. The quantitative estimate of drug-likeness (QED) is 0.400. The first kappa shape index (κ1) is 18.8. The van der Waals surface area contributed by atoms with Crippen molar-refractivity contribution in [2.45, 2.75) is 6.54 Å². The second-order valence-electron chi connectivity index (χ2n) is 6.86. The van der Waals surface area contributed by atoms with Crippen molar-refractivity contribution in [1.82, 2.24) is 14.5 Å². The minimum absolute atomic E-state index is 0.104. The van der Waals surface area contributed by atoms with Gasteiger partial charge in [-0.2, -0.15) is 0 Å². The number of rotatable bonds is 3. The van der Waals surface area contributed by atoms with Crippen LogP contribution in [0.3, 0.4) is 0 Å². The van der Waals surface area contributed by atoms with Crippen LogP contribution >= 0.6 is 0 Å². The summed E-state index contributed by atoms with van der Waals surface area (Å²) in [5, 5.41) is 0. The fourth-order valence-corrected chi connectivity index (χ4v) is 3.36. The Labute approximate surface area is 175 Å². The number of nitrogens with zero attached hydrogens (tertiary/aromatic N) is 3. The molecule has 2 N–H and O–H groups in total. The maximum Gasteiger partial charge on any atom is 0.336 e. The van der Waals surface area contributed by atoms with E-state index in [1.807, 2.05) is 35.9 Å². The number of oxazole rings is 1. The molecule has 2 aromatic carbocycles. The van der Waals surface area contributed by atoms with Gasteiger partial charge in [-0.1, -0.05) is 12.1 Å². The van der Waals surface area contributed by atoms with Gasteiger partial charge in [0.25, 0.3) is 0 Å². The summed E-state index contributed by atoms with van der Waals surface area (Å²) in [7, 11) is 1.85. The van der Waals surface area contributed by atoms with Crippen molar-refractivity contribution in [3.05, 3.63) is 60.5 Å². The van der Waals surface area contributed by atoms with Crippen LogP contribution in [-0.4, -0.2) is 26.5 Å². The molecule has 0 spiro atoms. The molecule has 0 aliphatic carbocycles. The van der Waals surface area contributed by atoms with Crippen LogP contribution < -0.4 is 15.2 Å². The lowest BCUT2D eigenvalue weighted by atomic mass is 10.1. The van der Waals surface area contributed by atoms with Crippen LogP contribution in [0.4, 0.5) is 0 Å². The Bertz CT molecular complexity index is 1360. The normalized spacial score (nSPS) is 14.5. The summed E-state index contributed by atoms with van der Waals surface area (Å²) >= 11 is 0. The monoisotopic (exact) mass is 416 g/mol. The Kier molecular flexibility index (Phi) is 4.37. The highest BCUT2D eigenvalue weighted by atomic mass is 16.6. The molecule has 0 saturated carbocycles. The van der Waals surface area contributed by atoms with Crippen LogP contribution in [0, 0.1) is 0 Å². The lowest BCUT2D eigenvalue weighted by Gasteiger charge is -2.11. The predicted octanol–water partition coefficient (Wildman–Crippen LogP) is 2.73. The summed E-state index contributed by atoms with van der Waals surface area (Å²) in [6.07, 6.45) is 3.57. The van der Waals surface area contributed by atoms with Crippen molar-refractivity contribution in [2.24, 2.45) is 12.8 Å². The van der Waals surface area contributed by atoms with Crippen molar-refractivity contribution in [3.8, 4) is 34.3 Å². The highest BCUT2D eigenvalue weighted by Crippen LogP contribution is 2.38. The zero-order chi connectivity index (χ0) is 21.5. The van der Waals surface area contributed by atoms with Crippen molar-refractivity contribution in [2.75, 3.05) is 0 Å². The third-order valence-corrected chi connectivity index (χ3v) is 4.89. The number of benzene rings is 2. The van der Waals surface area contributed by atoms with E-state index >= 15 is 0 Å². The fourth-order valence-electron chi connectivity index (χ4n) is 3.36. The van der Waals surface area contributed by atoms with E-state index in [2.05, 4.69) is 9.97 Å². The van der Waals surface area contributed by atoms with Gasteiger partial charge in [0, 0.05) is 36.9 Å². The second-order valence-corrected chi connectivity index (χ2v) is 6.86. The highest BCUT2D eigenvalue weighted by Gasteiger charge is 2.22. The van der Waals surface area contributed by atoms with Crippen LogP contribution in [0.5, 0.6) is 11.5 Å². The summed E-state index contributed by atoms with van der Waals surface area (Å²) in [6.45, 7) is 0.307. The molecule has 0 saturated heterocycles. The fraction of sp³-hybridized carbons (Fsp3) is 0.0909. The van der Waals surface area contributed by atoms with Gasteiger partial charge in [0.2, 0.25) is 11.6 Å². The van der Waals surface area contributed by atoms with Crippen molar-refractivity contribution in [1.29, 1.82) is 0 Å². The van der Waals surface area contributed by atoms with Gasteiger partial charge in [0.15, 0.2) is 5.75 Å². The third-order valence-electron chi connectivity index (χ3n) is 4.89. The van der Waals surface area contributed by atoms with Crippen LogP contribution in [0.1, 0.15) is 5.69 Å². The summed E-state index contributed by atoms with van der Waals surface area (Å²) < 4.78 is 18.0. The Morgan fingerprint density at radius 1 is 0.935 bits per heavy atom. The van der Waals surface area contributed by atoms with E-state index in [0.717, 1.165) is 23.3 Å². The highest BCUT2D eigenvalue weighted by molar-refractivity contribution is 5.99. The number of imidazole rings is 1. The predicted molar refractivity (Wildman–Crippen MR) is 110 cm³/mol. The molecule has 0 amide bonds. The van der Waals surface area contributed by atoms with Gasteiger partial charge < -0.3 is 24.2 Å². The Morgan fingerprint density at radius 3 is 2.35 bits per heavy atom. The number of fused-ring (bicyclic) bond motifs is 3. The van der Waals surface area contributed by atoms with Crippen LogP contribution in [0.15, 0.2) is 59.2 Å². The zero-order valence-electron chi connectivity index (χ0n) is 16.4. The lowest BCUT2D eigenvalue weighted by Crippen LogP contribution is -2.13. The molecule has 4 aromatic rings. The Balaban J connectivity index is 1.57. The molecule has 1 aliphatic rings. The Morgan fingerprint density at radius 2 is 1.65 bits per heavy atom. The van der Waals surface area contributed by atoms with E-state index in [-0.39, 0.29) is 11.5 Å². The first-order chi connectivity index (χ1) is 15.0. The molecule has 0 bridgehead atoms. The van der Waals surface area contributed by atoms with E-state index < -0.39 is 11.9 Å². The maximum atomic E-state index is 12.0. The third kappa shape index (κ3) is 3.26. The molecule has 2 aromatic heterocycles. The van der Waals surface area contributed by atoms with Gasteiger partial charge in [0.1, 0.15) is 17.6 Å². The van der Waals surface area contributed by atoms with Gasteiger partial charge >= 0.3 is 11.9 Å². The van der Waals surface area contributed by atoms with E-state index in [4.69, 9.17) is 19.6 Å². The van der Waals surface area contributed by atoms with Gasteiger partial charge in [-0.15, -0.1) is 0 Å². The minimum atomic E-state index is -0.676. The number of aromatic nitrogens is 3. The summed E-state index contributed by atoms with van der Waals surface area (Å²) in [6, 6.07) is 10.9. The molecular weight excluding hydrogens is 400 g/mol. The van der Waals surface area contributed by atoms with E-state index in [1.165, 1.54) is 6.26 Å². The second kappa shape index (κ2) is 7.22. The van der Waals surface area contributed by atoms with Gasteiger partial charge in [-0.05, 0) is 24.3 Å². The molecule has 1 aliphatic heterocycles. The maximum absolute atomic E-state index is 12.0. The summed E-state index contributed by atoms with van der Waals surface area (Å²) in [4.78, 5) is 32.7. The SMILES string of the molecule is Cn1c(-c2ccc(-c3nc(CN)co3)cc2)nc2c3c(ccc21)OC(=O)/C=C/C(=O)O3. The van der Waals surface area contributed by atoms with Crippen molar-refractivity contribution in [3.63, 3.8) is 0 Å². The molecular formula is C22H16N4O5. The average Bonchev–Trinajstić information content (AvgIpc) is 3.38. The molecule has 31 heavy (non-hydrogen) atoms. The zero-order valence-corrected chi connectivity index (χ0v) is 16.4. The minimum Gasteiger partial charge on any atom is -0.444 e. The van der Waals surface area contributed by atoms with Crippen LogP contribution in [-0.2, 0) is 23.2 Å². The number of nitrogens with two attached hydrogens (primary N) is 1. The smallest absolute Gasteiger partial charge is 0.336 e. The first-order valence-electron chi connectivity index (χ1n) is 9.40. The number of hydrogen-bond donors (Lipinski definition) is 1. The van der Waals surface area contributed by atoms with Crippen molar-refractivity contribution >= 4 is 23.0 Å². The number of carbonyl (C=O) groups excluding carboxylic acids is 2. The number of esters is 2. The molecule has 3 heterocycles. The van der Waals surface area contributed by atoms with Crippen LogP contribution in [0.2, 0.25) is 0 Å². The number of hydrogen-bond acceptors (Lipinski definition) is 8. The van der Waals surface area contributed by atoms with E-state index in [0.29, 0.717) is 35.0 Å². The molecule has 0 unspecified atom stereocenters. The van der Waals surface area contributed by atoms with E-state index in [9.17, 15) is 9.59 Å². The van der Waals surface area contributed by atoms with Gasteiger partial charge in [-0.3, -0.25) is 0 Å². The number of ether oxygens (including phenoxy) is 2. The molecule has 154 valence electrons. The molecule has 9 heteroatoms. The van der Waals surface area contributed by atoms with Gasteiger partial charge in [0.05, 0.1) is 11.2 Å². The number of aryl methyl sites for hydroxylation is 1. The lowest BCUT2D eigenvalue weighted by molar-refractivity contribution is -0.133. The molecule has 0 fully saturated rings. The first-order valence-corrected chi connectivity index (χ1v) is 9.40. The molecule has 9 nitrogen and oxygen atoms in total. The topological polar surface area (TPSA) is 122 Å². The molecule has 0 radical (unpaired) electrons. The van der Waals surface area contributed by atoms with Crippen molar-refractivity contribution < 1.29 is 23.5 Å². The standard InChI is InChI=1S/C22H16N4O5/c1-26-15-6-7-16-20(31-18(28)9-8-17(27)30-16)19(15)25-21(26)12-2-4-13(5-3-12)22-24-14(10-23)11-29-22/h2-9,11H,10,23H2,1H3/b9-8+. The number of carbonyl (C=O) groups is 2. The average molecular weight is 416 g/mol. The molecule has 5 rings (SSSR count). The van der Waals surface area contributed by atoms with Crippen LogP contribution in [0.25, 0.3) is 33.9 Å².